The standard InChI is InChI=1S/C10H13NOS/c1-8-6-4-5-7-9(8)13-10(12)11(2)3/h4-7H,1-3H3. The summed E-state index contributed by atoms with van der Waals surface area (Å²) in [5, 5.41) is 0.0642. The molecule has 1 rings (SSSR count). The summed E-state index contributed by atoms with van der Waals surface area (Å²) in [6, 6.07) is 7.88. The van der Waals surface area contributed by atoms with Crippen LogP contribution in [0.2, 0.25) is 0 Å². The zero-order valence-electron chi connectivity index (χ0n) is 8.07. The van der Waals surface area contributed by atoms with Crippen LogP contribution < -0.4 is 0 Å². The Labute approximate surface area is 82.9 Å². The highest BCUT2D eigenvalue weighted by Gasteiger charge is 2.07. The summed E-state index contributed by atoms with van der Waals surface area (Å²) in [5.74, 6) is 0. The average molecular weight is 195 g/mol. The predicted molar refractivity (Wildman–Crippen MR) is 56.1 cm³/mol. The van der Waals surface area contributed by atoms with E-state index in [4.69, 9.17) is 0 Å². The lowest BCUT2D eigenvalue weighted by molar-refractivity contribution is 0.241. The summed E-state index contributed by atoms with van der Waals surface area (Å²) in [6.45, 7) is 2.01. The number of carbonyl (C=O) groups is 1. The normalized spacial score (nSPS) is 9.77. The van der Waals surface area contributed by atoms with Crippen molar-refractivity contribution < 1.29 is 4.79 Å². The summed E-state index contributed by atoms with van der Waals surface area (Å²) in [4.78, 5) is 14.0. The molecule has 0 heterocycles. The third-order valence-electron chi connectivity index (χ3n) is 1.66. The molecule has 0 saturated heterocycles. The fourth-order valence-electron chi connectivity index (χ4n) is 0.856. The molecule has 0 aliphatic rings. The first-order valence-corrected chi connectivity index (χ1v) is 4.87. The molecule has 0 unspecified atom stereocenters. The van der Waals surface area contributed by atoms with Gasteiger partial charge in [-0.3, -0.25) is 4.79 Å². The second-order valence-corrected chi connectivity index (χ2v) is 4.02. The lowest BCUT2D eigenvalue weighted by Gasteiger charge is -2.10. The molecule has 13 heavy (non-hydrogen) atoms. The van der Waals surface area contributed by atoms with Gasteiger partial charge in [-0.15, -0.1) is 0 Å². The molecule has 1 aromatic carbocycles. The molecule has 0 atom stereocenters. The molecule has 0 bridgehead atoms. The summed E-state index contributed by atoms with van der Waals surface area (Å²) in [7, 11) is 3.52. The predicted octanol–water partition coefficient (Wildman–Crippen LogP) is 2.77. The van der Waals surface area contributed by atoms with Gasteiger partial charge in [0.25, 0.3) is 5.24 Å². The van der Waals surface area contributed by atoms with Crippen LogP contribution in [0.5, 0.6) is 0 Å². The topological polar surface area (TPSA) is 20.3 Å². The van der Waals surface area contributed by atoms with E-state index in [-0.39, 0.29) is 5.24 Å². The number of thioether (sulfide) groups is 1. The molecule has 1 aromatic rings. The number of carbonyl (C=O) groups excluding carboxylic acids is 1. The molecule has 0 aromatic heterocycles. The van der Waals surface area contributed by atoms with Crippen molar-refractivity contribution in [3.63, 3.8) is 0 Å². The van der Waals surface area contributed by atoms with Crippen molar-refractivity contribution in [2.24, 2.45) is 0 Å². The maximum absolute atomic E-state index is 11.4. The van der Waals surface area contributed by atoms with Crippen LogP contribution in [0.25, 0.3) is 0 Å². The van der Waals surface area contributed by atoms with Crippen LogP contribution in [0.3, 0.4) is 0 Å². The fraction of sp³-hybridized carbons (Fsp3) is 0.300. The Balaban J connectivity index is 2.75. The summed E-state index contributed by atoms with van der Waals surface area (Å²) < 4.78 is 0. The minimum absolute atomic E-state index is 0.0642. The van der Waals surface area contributed by atoms with E-state index < -0.39 is 0 Å². The Morgan fingerprint density at radius 2 is 1.92 bits per heavy atom. The van der Waals surface area contributed by atoms with Crippen molar-refractivity contribution in [1.82, 2.24) is 4.90 Å². The van der Waals surface area contributed by atoms with Gasteiger partial charge in [-0.1, -0.05) is 18.2 Å². The Morgan fingerprint density at radius 1 is 1.31 bits per heavy atom. The highest BCUT2D eigenvalue weighted by Crippen LogP contribution is 2.23. The minimum Gasteiger partial charge on any atom is -0.339 e. The van der Waals surface area contributed by atoms with Gasteiger partial charge in [0, 0.05) is 19.0 Å². The molecule has 0 saturated carbocycles. The van der Waals surface area contributed by atoms with Crippen LogP contribution in [0.15, 0.2) is 29.2 Å². The van der Waals surface area contributed by atoms with Crippen LogP contribution in [0, 0.1) is 6.92 Å². The molecule has 1 amide bonds. The second-order valence-electron chi connectivity index (χ2n) is 3.03. The van der Waals surface area contributed by atoms with Crippen molar-refractivity contribution in [2.75, 3.05) is 14.1 Å². The molecule has 0 N–H and O–H groups in total. The summed E-state index contributed by atoms with van der Waals surface area (Å²) in [6.07, 6.45) is 0. The largest absolute Gasteiger partial charge is 0.339 e. The Bertz CT molecular complexity index is 310. The van der Waals surface area contributed by atoms with Crippen molar-refractivity contribution >= 4 is 17.0 Å². The number of benzene rings is 1. The number of amides is 1. The number of nitrogens with zero attached hydrogens (tertiary/aromatic N) is 1. The van der Waals surface area contributed by atoms with E-state index >= 15 is 0 Å². The molecule has 2 nitrogen and oxygen atoms in total. The van der Waals surface area contributed by atoms with Crippen molar-refractivity contribution in [3.05, 3.63) is 29.8 Å². The maximum atomic E-state index is 11.4. The van der Waals surface area contributed by atoms with Gasteiger partial charge in [0.15, 0.2) is 0 Å². The fourth-order valence-corrected chi connectivity index (χ4v) is 1.60. The molecule has 0 aliphatic carbocycles. The number of hydrogen-bond donors (Lipinski definition) is 0. The quantitative estimate of drug-likeness (QED) is 0.642. The maximum Gasteiger partial charge on any atom is 0.285 e. The number of aryl methyl sites for hydroxylation is 1. The first-order valence-electron chi connectivity index (χ1n) is 4.06. The van der Waals surface area contributed by atoms with Crippen molar-refractivity contribution in [3.8, 4) is 0 Å². The third-order valence-corrected chi connectivity index (χ3v) is 2.87. The third kappa shape index (κ3) is 2.77. The van der Waals surface area contributed by atoms with Gasteiger partial charge in [0.1, 0.15) is 0 Å². The van der Waals surface area contributed by atoms with Crippen LogP contribution in [0.4, 0.5) is 4.79 Å². The second kappa shape index (κ2) is 4.33. The van der Waals surface area contributed by atoms with E-state index in [0.29, 0.717) is 0 Å². The molecule has 0 radical (unpaired) electrons. The Morgan fingerprint density at radius 3 is 2.46 bits per heavy atom. The minimum atomic E-state index is 0.0642. The van der Waals surface area contributed by atoms with E-state index in [2.05, 4.69) is 0 Å². The van der Waals surface area contributed by atoms with E-state index in [1.807, 2.05) is 31.2 Å². The van der Waals surface area contributed by atoms with E-state index in [1.54, 1.807) is 19.0 Å². The molecular weight excluding hydrogens is 182 g/mol. The van der Waals surface area contributed by atoms with Gasteiger partial charge >= 0.3 is 0 Å². The highest BCUT2D eigenvalue weighted by molar-refractivity contribution is 8.13. The van der Waals surface area contributed by atoms with Crippen molar-refractivity contribution in [2.45, 2.75) is 11.8 Å². The lowest BCUT2D eigenvalue weighted by Crippen LogP contribution is -2.16. The first-order chi connectivity index (χ1) is 6.11. The average Bonchev–Trinajstić information content (AvgIpc) is 2.08. The molecular formula is C10H13NOS. The zero-order chi connectivity index (χ0) is 9.84. The Kier molecular flexibility index (Phi) is 3.37. The van der Waals surface area contributed by atoms with E-state index in [9.17, 15) is 4.79 Å². The van der Waals surface area contributed by atoms with E-state index in [1.165, 1.54) is 11.8 Å². The SMILES string of the molecule is Cc1ccccc1SC(=O)N(C)C. The number of rotatable bonds is 1. The molecule has 0 fully saturated rings. The highest BCUT2D eigenvalue weighted by atomic mass is 32.2. The molecule has 0 spiro atoms. The van der Waals surface area contributed by atoms with Crippen molar-refractivity contribution in [1.29, 1.82) is 0 Å². The molecule has 0 aliphatic heterocycles. The smallest absolute Gasteiger partial charge is 0.285 e. The Hall–Kier alpha value is -0.960. The monoisotopic (exact) mass is 195 g/mol. The summed E-state index contributed by atoms with van der Waals surface area (Å²) >= 11 is 1.27. The van der Waals surface area contributed by atoms with Gasteiger partial charge in [-0.2, -0.15) is 0 Å². The van der Waals surface area contributed by atoms with E-state index in [0.717, 1.165) is 10.5 Å². The van der Waals surface area contributed by atoms with Crippen LogP contribution in [0.1, 0.15) is 5.56 Å². The van der Waals surface area contributed by atoms with Gasteiger partial charge < -0.3 is 4.90 Å². The van der Waals surface area contributed by atoms with Gasteiger partial charge in [0.05, 0.1) is 0 Å². The van der Waals surface area contributed by atoms with Crippen LogP contribution in [-0.4, -0.2) is 24.2 Å². The lowest BCUT2D eigenvalue weighted by atomic mass is 10.2. The molecule has 70 valence electrons. The number of hydrogen-bond acceptors (Lipinski definition) is 2. The van der Waals surface area contributed by atoms with Gasteiger partial charge in [-0.05, 0) is 30.3 Å². The van der Waals surface area contributed by atoms with Gasteiger partial charge in [-0.25, -0.2) is 0 Å². The zero-order valence-corrected chi connectivity index (χ0v) is 8.89. The van der Waals surface area contributed by atoms with Crippen LogP contribution in [-0.2, 0) is 0 Å². The summed E-state index contributed by atoms with van der Waals surface area (Å²) in [5.41, 5.74) is 1.14. The van der Waals surface area contributed by atoms with Gasteiger partial charge in [0.2, 0.25) is 0 Å². The van der Waals surface area contributed by atoms with Crippen LogP contribution >= 0.6 is 11.8 Å². The first kappa shape index (κ1) is 10.1. The molecule has 3 heteroatoms.